The maximum absolute atomic E-state index is 11.5. The van der Waals surface area contributed by atoms with Crippen molar-refractivity contribution in [2.45, 2.75) is 25.9 Å². The van der Waals surface area contributed by atoms with E-state index in [1.54, 1.807) is 13.0 Å². The van der Waals surface area contributed by atoms with Gasteiger partial charge in [0.1, 0.15) is 6.10 Å². The lowest BCUT2D eigenvalue weighted by molar-refractivity contribution is -0.128. The highest BCUT2D eigenvalue weighted by atomic mass is 16.5. The van der Waals surface area contributed by atoms with Crippen LogP contribution in [0.3, 0.4) is 0 Å². The quantitative estimate of drug-likeness (QED) is 0.746. The normalized spacial score (nSPS) is 12.4. The van der Waals surface area contributed by atoms with E-state index < -0.39 is 6.10 Å². The molecule has 0 unspecified atom stereocenters. The van der Waals surface area contributed by atoms with E-state index >= 15 is 0 Å². The Morgan fingerprint density at radius 3 is 2.56 bits per heavy atom. The van der Waals surface area contributed by atoms with E-state index in [1.807, 2.05) is 0 Å². The topological polar surface area (TPSA) is 66.8 Å². The van der Waals surface area contributed by atoms with Gasteiger partial charge in [0.15, 0.2) is 17.3 Å². The van der Waals surface area contributed by atoms with Crippen molar-refractivity contribution in [3.05, 3.63) is 23.8 Å². The highest BCUT2D eigenvalue weighted by Gasteiger charge is 2.16. The van der Waals surface area contributed by atoms with Gasteiger partial charge < -0.3 is 14.9 Å². The zero-order valence-electron chi connectivity index (χ0n) is 9.43. The van der Waals surface area contributed by atoms with Gasteiger partial charge in [-0.2, -0.15) is 0 Å². The molecule has 2 N–H and O–H groups in total. The van der Waals surface area contributed by atoms with Crippen molar-refractivity contribution in [2.24, 2.45) is 0 Å². The summed E-state index contributed by atoms with van der Waals surface area (Å²) in [5.74, 6) is -0.328. The van der Waals surface area contributed by atoms with Gasteiger partial charge in [0.05, 0.1) is 0 Å². The summed E-state index contributed by atoms with van der Waals surface area (Å²) in [6, 6.07) is 4.49. The van der Waals surface area contributed by atoms with Crippen LogP contribution >= 0.6 is 0 Å². The summed E-state index contributed by atoms with van der Waals surface area (Å²) in [5.41, 5.74) is 0.754. The number of phenolic OH excluding ortho intramolecular Hbond substituents is 2. The van der Waals surface area contributed by atoms with Gasteiger partial charge in [0.2, 0.25) is 0 Å². The molecule has 1 aromatic rings. The molecule has 0 aromatic heterocycles. The summed E-state index contributed by atoms with van der Waals surface area (Å²) in [7, 11) is 1.48. The average molecular weight is 224 g/mol. The molecule has 16 heavy (non-hydrogen) atoms. The molecule has 0 aliphatic heterocycles. The molecule has 0 heterocycles. The van der Waals surface area contributed by atoms with E-state index in [2.05, 4.69) is 0 Å². The van der Waals surface area contributed by atoms with Crippen molar-refractivity contribution < 1.29 is 19.7 Å². The molecule has 1 aromatic carbocycles. The van der Waals surface area contributed by atoms with E-state index in [9.17, 15) is 9.90 Å². The maximum Gasteiger partial charge on any atom is 0.161 e. The number of ketones is 1. The SMILES string of the molecule is CCC(=O)[C@@H](Cc1ccc(O)c(O)c1)OC. The van der Waals surface area contributed by atoms with Gasteiger partial charge in [-0.3, -0.25) is 4.79 Å². The van der Waals surface area contributed by atoms with Gasteiger partial charge in [0.25, 0.3) is 0 Å². The third-order valence-electron chi connectivity index (χ3n) is 2.45. The summed E-state index contributed by atoms with van der Waals surface area (Å²) in [6.45, 7) is 1.78. The van der Waals surface area contributed by atoms with Crippen LogP contribution in [-0.2, 0) is 16.0 Å². The van der Waals surface area contributed by atoms with Gasteiger partial charge in [0, 0.05) is 20.0 Å². The van der Waals surface area contributed by atoms with Gasteiger partial charge in [-0.15, -0.1) is 0 Å². The molecule has 0 fully saturated rings. The van der Waals surface area contributed by atoms with Gasteiger partial charge in [-0.05, 0) is 17.7 Å². The molecule has 88 valence electrons. The molecule has 4 heteroatoms. The molecule has 1 atom stereocenters. The van der Waals surface area contributed by atoms with E-state index in [0.29, 0.717) is 12.8 Å². The number of hydrogen-bond donors (Lipinski definition) is 2. The number of methoxy groups -OCH3 is 1. The number of carbonyl (C=O) groups is 1. The van der Waals surface area contributed by atoms with Crippen LogP contribution in [0, 0.1) is 0 Å². The first-order chi connectivity index (χ1) is 7.58. The number of aromatic hydroxyl groups is 2. The lowest BCUT2D eigenvalue weighted by atomic mass is 10.0. The van der Waals surface area contributed by atoms with Crippen molar-refractivity contribution in [1.29, 1.82) is 0 Å². The summed E-state index contributed by atoms with van der Waals surface area (Å²) < 4.78 is 5.08. The fourth-order valence-electron chi connectivity index (χ4n) is 1.47. The molecule has 0 aliphatic rings. The standard InChI is InChI=1S/C12H16O4/c1-3-9(13)12(16-2)7-8-4-5-10(14)11(15)6-8/h4-6,12,14-15H,3,7H2,1-2H3/t12-/m1/s1. The van der Waals surface area contributed by atoms with Crippen molar-refractivity contribution in [3.8, 4) is 11.5 Å². The minimum atomic E-state index is -0.492. The molecule has 0 radical (unpaired) electrons. The second-order valence-electron chi connectivity index (χ2n) is 3.57. The van der Waals surface area contributed by atoms with Gasteiger partial charge in [-0.1, -0.05) is 13.0 Å². The zero-order chi connectivity index (χ0) is 12.1. The third-order valence-corrected chi connectivity index (χ3v) is 2.45. The fourth-order valence-corrected chi connectivity index (χ4v) is 1.47. The summed E-state index contributed by atoms with van der Waals surface area (Å²) in [5, 5.41) is 18.4. The summed E-state index contributed by atoms with van der Waals surface area (Å²) in [6.07, 6.45) is 0.327. The first-order valence-electron chi connectivity index (χ1n) is 5.14. The number of hydrogen-bond acceptors (Lipinski definition) is 4. The third kappa shape index (κ3) is 2.97. The lowest BCUT2D eigenvalue weighted by Crippen LogP contribution is -2.24. The minimum Gasteiger partial charge on any atom is -0.504 e. The van der Waals surface area contributed by atoms with Crippen LogP contribution < -0.4 is 0 Å². The zero-order valence-corrected chi connectivity index (χ0v) is 9.43. The molecule has 0 bridgehead atoms. The van der Waals surface area contributed by atoms with E-state index in [-0.39, 0.29) is 17.3 Å². The number of Topliss-reactive ketones (excluding diaryl/α,β-unsaturated/α-hetero) is 1. The van der Waals surface area contributed by atoms with Crippen LogP contribution in [0.25, 0.3) is 0 Å². The van der Waals surface area contributed by atoms with Crippen LogP contribution in [0.4, 0.5) is 0 Å². The van der Waals surface area contributed by atoms with Crippen molar-refractivity contribution in [1.82, 2.24) is 0 Å². The lowest BCUT2D eigenvalue weighted by Gasteiger charge is -2.13. The first-order valence-corrected chi connectivity index (χ1v) is 5.14. The fraction of sp³-hybridized carbons (Fsp3) is 0.417. The smallest absolute Gasteiger partial charge is 0.161 e. The Bertz CT molecular complexity index is 373. The largest absolute Gasteiger partial charge is 0.504 e. The molecule has 4 nitrogen and oxygen atoms in total. The Hall–Kier alpha value is -1.55. The van der Waals surface area contributed by atoms with Crippen molar-refractivity contribution in [3.63, 3.8) is 0 Å². The molecular formula is C12H16O4. The average Bonchev–Trinajstić information content (AvgIpc) is 2.29. The van der Waals surface area contributed by atoms with E-state index in [1.165, 1.54) is 19.2 Å². The number of ether oxygens (including phenoxy) is 1. The predicted octanol–water partition coefficient (Wildman–Crippen LogP) is 1.63. The number of phenols is 2. The van der Waals surface area contributed by atoms with E-state index in [0.717, 1.165) is 5.56 Å². The number of carbonyl (C=O) groups excluding carboxylic acids is 1. The van der Waals surface area contributed by atoms with Gasteiger partial charge in [-0.25, -0.2) is 0 Å². The van der Waals surface area contributed by atoms with Crippen LogP contribution in [0.1, 0.15) is 18.9 Å². The molecule has 0 aliphatic carbocycles. The molecular weight excluding hydrogens is 208 g/mol. The van der Waals surface area contributed by atoms with Crippen molar-refractivity contribution in [2.75, 3.05) is 7.11 Å². The number of rotatable bonds is 5. The number of benzene rings is 1. The Kier molecular flexibility index (Phi) is 4.31. The molecule has 0 amide bonds. The maximum atomic E-state index is 11.5. The van der Waals surface area contributed by atoms with Crippen LogP contribution in [-0.4, -0.2) is 29.2 Å². The highest BCUT2D eigenvalue weighted by molar-refractivity contribution is 5.83. The highest BCUT2D eigenvalue weighted by Crippen LogP contribution is 2.25. The van der Waals surface area contributed by atoms with E-state index in [4.69, 9.17) is 9.84 Å². The molecule has 0 spiro atoms. The Morgan fingerprint density at radius 1 is 1.38 bits per heavy atom. The predicted molar refractivity (Wildman–Crippen MR) is 59.6 cm³/mol. The van der Waals surface area contributed by atoms with Crippen LogP contribution in [0.15, 0.2) is 18.2 Å². The second-order valence-corrected chi connectivity index (χ2v) is 3.57. The summed E-state index contributed by atoms with van der Waals surface area (Å²) in [4.78, 5) is 11.5. The van der Waals surface area contributed by atoms with Crippen molar-refractivity contribution >= 4 is 5.78 Å². The summed E-state index contributed by atoms with van der Waals surface area (Å²) >= 11 is 0. The Labute approximate surface area is 94.5 Å². The minimum absolute atomic E-state index is 0.0232. The molecule has 0 saturated carbocycles. The first kappa shape index (κ1) is 12.5. The molecule has 0 saturated heterocycles. The van der Waals surface area contributed by atoms with Crippen LogP contribution in [0.5, 0.6) is 11.5 Å². The van der Waals surface area contributed by atoms with Gasteiger partial charge >= 0.3 is 0 Å². The molecule has 1 rings (SSSR count). The Balaban J connectivity index is 2.78. The van der Waals surface area contributed by atoms with Crippen LogP contribution in [0.2, 0.25) is 0 Å². The monoisotopic (exact) mass is 224 g/mol. The second kappa shape index (κ2) is 5.51. The Morgan fingerprint density at radius 2 is 2.06 bits per heavy atom.